The Morgan fingerprint density at radius 2 is 1.91 bits per heavy atom. The Hall–Kier alpha value is -3.46. The summed E-state index contributed by atoms with van der Waals surface area (Å²) in [5.41, 5.74) is 5.75. The number of anilines is 1. The molecule has 5 heterocycles. The Morgan fingerprint density at radius 3 is 2.74 bits per heavy atom. The van der Waals surface area contributed by atoms with E-state index in [0.29, 0.717) is 33.0 Å². The van der Waals surface area contributed by atoms with Gasteiger partial charge in [0.15, 0.2) is 11.4 Å². The molecule has 2 fully saturated rings. The van der Waals surface area contributed by atoms with Crippen LogP contribution < -0.4 is 4.90 Å². The molecule has 1 unspecified atom stereocenters. The summed E-state index contributed by atoms with van der Waals surface area (Å²) in [6.45, 7) is 6.86. The number of fused-ring (bicyclic) bond motifs is 1. The van der Waals surface area contributed by atoms with Crippen LogP contribution in [-0.4, -0.2) is 67.0 Å². The predicted octanol–water partition coefficient (Wildman–Crippen LogP) is 4.25. The molecule has 0 bridgehead atoms. The molecule has 3 aromatic heterocycles. The van der Waals surface area contributed by atoms with Gasteiger partial charge in [-0.15, -0.1) is 0 Å². The number of hydrogen-bond donors (Lipinski definition) is 0. The van der Waals surface area contributed by atoms with E-state index in [-0.39, 0.29) is 6.10 Å². The molecule has 0 aliphatic carbocycles. The molecule has 0 saturated carbocycles. The number of pyridine rings is 1. The Morgan fingerprint density at radius 1 is 1.00 bits per heavy atom. The number of aryl methyl sites for hydroxylation is 1. The van der Waals surface area contributed by atoms with Gasteiger partial charge in [-0.25, -0.2) is 9.67 Å². The molecule has 8 nitrogen and oxygen atoms in total. The summed E-state index contributed by atoms with van der Waals surface area (Å²) in [5, 5.41) is 4.83. The van der Waals surface area contributed by atoms with Crippen LogP contribution in [0.1, 0.15) is 11.3 Å². The molecule has 8 heteroatoms. The largest absolute Gasteiger partial charge is 0.453 e. The summed E-state index contributed by atoms with van der Waals surface area (Å²) in [6.07, 6.45) is 5.81. The van der Waals surface area contributed by atoms with Crippen LogP contribution in [0.3, 0.4) is 0 Å². The molecular formula is C27H28N4O4. The number of furan rings is 1. The predicted molar refractivity (Wildman–Crippen MR) is 134 cm³/mol. The summed E-state index contributed by atoms with van der Waals surface area (Å²) >= 11 is 0. The highest BCUT2D eigenvalue weighted by molar-refractivity contribution is 5.89. The van der Waals surface area contributed by atoms with Crippen molar-refractivity contribution < 1.29 is 18.6 Å². The van der Waals surface area contributed by atoms with Crippen molar-refractivity contribution in [2.24, 2.45) is 0 Å². The molecule has 0 N–H and O–H groups in total. The number of aromatic nitrogens is 3. The SMILES string of the molecule is Cc1cccc(-c2ccn(-c3cc(N4CCOCC4)c4oc(/C=C/C5COCCO5)cc4n3)n2)c1. The topological polar surface area (TPSA) is 74.8 Å². The van der Waals surface area contributed by atoms with Crippen LogP contribution in [0.5, 0.6) is 0 Å². The number of morpholine rings is 1. The minimum Gasteiger partial charge on any atom is -0.453 e. The van der Waals surface area contributed by atoms with Gasteiger partial charge in [-0.3, -0.25) is 0 Å². The van der Waals surface area contributed by atoms with Crippen LogP contribution in [0.25, 0.3) is 34.3 Å². The van der Waals surface area contributed by atoms with E-state index in [1.54, 1.807) is 0 Å². The van der Waals surface area contributed by atoms with Crippen LogP contribution in [-0.2, 0) is 14.2 Å². The fourth-order valence-electron chi connectivity index (χ4n) is 4.48. The standard InChI is InChI=1S/C27H28N4O4/c1-19-3-2-4-20(15-19)23-7-8-31(29-23)26-17-25(30-9-11-32-12-10-30)27-24(28-26)16-21(35-27)5-6-22-18-33-13-14-34-22/h2-8,15-17,22H,9-14,18H2,1H3/b6-5+. The highest BCUT2D eigenvalue weighted by Gasteiger charge is 2.20. The average molecular weight is 473 g/mol. The number of ether oxygens (including phenoxy) is 3. The molecule has 2 aliphatic heterocycles. The summed E-state index contributed by atoms with van der Waals surface area (Å²) in [6, 6.07) is 14.4. The Kier molecular flexibility index (Phi) is 6.08. The number of hydrogen-bond acceptors (Lipinski definition) is 7. The third-order valence-electron chi connectivity index (χ3n) is 6.27. The fraction of sp³-hybridized carbons (Fsp3) is 0.333. The van der Waals surface area contributed by atoms with Crippen LogP contribution >= 0.6 is 0 Å². The first-order valence-electron chi connectivity index (χ1n) is 12.0. The van der Waals surface area contributed by atoms with Gasteiger partial charge in [-0.2, -0.15) is 5.10 Å². The lowest BCUT2D eigenvalue weighted by Gasteiger charge is -2.28. The first-order chi connectivity index (χ1) is 17.2. The molecule has 2 aliphatic rings. The van der Waals surface area contributed by atoms with Gasteiger partial charge in [-0.1, -0.05) is 23.8 Å². The van der Waals surface area contributed by atoms with Crippen molar-refractivity contribution in [3.63, 3.8) is 0 Å². The van der Waals surface area contributed by atoms with Gasteiger partial charge in [0.1, 0.15) is 11.3 Å². The molecule has 6 rings (SSSR count). The van der Waals surface area contributed by atoms with Crippen LogP contribution in [0, 0.1) is 6.92 Å². The zero-order chi connectivity index (χ0) is 23.6. The minimum absolute atomic E-state index is 0.0664. The maximum Gasteiger partial charge on any atom is 0.176 e. The van der Waals surface area contributed by atoms with Gasteiger partial charge >= 0.3 is 0 Å². The van der Waals surface area contributed by atoms with Gasteiger partial charge < -0.3 is 23.5 Å². The second-order valence-corrected chi connectivity index (χ2v) is 8.82. The molecule has 4 aromatic rings. The third-order valence-corrected chi connectivity index (χ3v) is 6.27. The number of rotatable bonds is 5. The van der Waals surface area contributed by atoms with Crippen LogP contribution in [0.4, 0.5) is 5.69 Å². The van der Waals surface area contributed by atoms with Crippen molar-refractivity contribution in [2.75, 3.05) is 51.0 Å². The highest BCUT2D eigenvalue weighted by Crippen LogP contribution is 2.32. The van der Waals surface area contributed by atoms with Gasteiger partial charge in [0.05, 0.1) is 50.5 Å². The minimum atomic E-state index is -0.0664. The second kappa shape index (κ2) is 9.65. The van der Waals surface area contributed by atoms with E-state index in [1.807, 2.05) is 35.2 Å². The van der Waals surface area contributed by atoms with Crippen LogP contribution in [0.2, 0.25) is 0 Å². The maximum atomic E-state index is 6.26. The molecule has 0 amide bonds. The zero-order valence-corrected chi connectivity index (χ0v) is 19.7. The monoisotopic (exact) mass is 472 g/mol. The second-order valence-electron chi connectivity index (χ2n) is 8.82. The highest BCUT2D eigenvalue weighted by atomic mass is 16.6. The van der Waals surface area contributed by atoms with Crippen molar-refractivity contribution in [3.8, 4) is 17.1 Å². The first kappa shape index (κ1) is 22.0. The summed E-state index contributed by atoms with van der Waals surface area (Å²) < 4.78 is 24.9. The van der Waals surface area contributed by atoms with Gasteiger partial charge in [-0.05, 0) is 31.2 Å². The van der Waals surface area contributed by atoms with Crippen molar-refractivity contribution >= 4 is 22.9 Å². The van der Waals surface area contributed by atoms with Gasteiger partial charge in [0, 0.05) is 37.0 Å². The average Bonchev–Trinajstić information content (AvgIpc) is 3.55. The third kappa shape index (κ3) is 4.73. The van der Waals surface area contributed by atoms with E-state index >= 15 is 0 Å². The quantitative estimate of drug-likeness (QED) is 0.430. The molecular weight excluding hydrogens is 444 g/mol. The van der Waals surface area contributed by atoms with Crippen molar-refractivity contribution in [1.29, 1.82) is 0 Å². The molecule has 2 saturated heterocycles. The van der Waals surface area contributed by atoms with E-state index in [4.69, 9.17) is 28.7 Å². The lowest BCUT2D eigenvalue weighted by molar-refractivity contribution is -0.0672. The fourth-order valence-corrected chi connectivity index (χ4v) is 4.48. The van der Waals surface area contributed by atoms with E-state index < -0.39 is 0 Å². The van der Waals surface area contributed by atoms with Gasteiger partial charge in [0.2, 0.25) is 0 Å². The van der Waals surface area contributed by atoms with Gasteiger partial charge in [0.25, 0.3) is 0 Å². The molecule has 1 atom stereocenters. The Bertz CT molecular complexity index is 1350. The lowest BCUT2D eigenvalue weighted by atomic mass is 10.1. The summed E-state index contributed by atoms with van der Waals surface area (Å²) in [4.78, 5) is 7.19. The van der Waals surface area contributed by atoms with E-state index in [0.717, 1.165) is 52.7 Å². The van der Waals surface area contributed by atoms with Crippen LogP contribution in [0.15, 0.2) is 59.2 Å². The number of nitrogens with zero attached hydrogens (tertiary/aromatic N) is 4. The van der Waals surface area contributed by atoms with Crippen molar-refractivity contribution in [1.82, 2.24) is 14.8 Å². The van der Waals surface area contributed by atoms with E-state index in [2.05, 4.69) is 42.2 Å². The molecule has 0 spiro atoms. The Balaban J connectivity index is 1.37. The molecule has 1 aromatic carbocycles. The summed E-state index contributed by atoms with van der Waals surface area (Å²) in [7, 11) is 0. The lowest BCUT2D eigenvalue weighted by Crippen LogP contribution is -2.36. The van der Waals surface area contributed by atoms with E-state index in [1.165, 1.54) is 5.56 Å². The Labute approximate surface area is 203 Å². The normalized spacial score (nSPS) is 19.1. The molecule has 180 valence electrons. The van der Waals surface area contributed by atoms with Crippen molar-refractivity contribution in [2.45, 2.75) is 13.0 Å². The van der Waals surface area contributed by atoms with Crippen molar-refractivity contribution in [3.05, 3.63) is 66.1 Å². The first-order valence-corrected chi connectivity index (χ1v) is 12.0. The molecule has 0 radical (unpaired) electrons. The maximum absolute atomic E-state index is 6.26. The molecule has 35 heavy (non-hydrogen) atoms. The van der Waals surface area contributed by atoms with E-state index in [9.17, 15) is 0 Å². The summed E-state index contributed by atoms with van der Waals surface area (Å²) in [5.74, 6) is 1.48. The number of benzene rings is 1. The zero-order valence-electron chi connectivity index (χ0n) is 19.7. The smallest absolute Gasteiger partial charge is 0.176 e.